The van der Waals surface area contributed by atoms with Crippen molar-refractivity contribution in [2.45, 2.75) is 13.1 Å². The molecule has 2 nitrogen and oxygen atoms in total. The predicted octanol–water partition coefficient (Wildman–Crippen LogP) is 2.98. The molecule has 1 aliphatic rings. The number of hydrogen-bond donors (Lipinski definition) is 0. The monoisotopic (exact) mass is 241 g/mol. The molecule has 2 aromatic carbocycles. The van der Waals surface area contributed by atoms with Gasteiger partial charge < -0.3 is 4.90 Å². The molecule has 0 aliphatic carbocycles. The van der Waals surface area contributed by atoms with E-state index in [-0.39, 0.29) is 11.7 Å². The van der Waals surface area contributed by atoms with Crippen LogP contribution in [0.4, 0.5) is 4.39 Å². The Bertz CT molecular complexity index is 592. The Labute approximate surface area is 105 Å². The van der Waals surface area contributed by atoms with Crippen LogP contribution in [0.1, 0.15) is 21.5 Å². The van der Waals surface area contributed by atoms with Crippen molar-refractivity contribution < 1.29 is 9.18 Å². The Morgan fingerprint density at radius 2 is 1.78 bits per heavy atom. The molecule has 0 bridgehead atoms. The van der Waals surface area contributed by atoms with Gasteiger partial charge in [-0.25, -0.2) is 4.39 Å². The summed E-state index contributed by atoms with van der Waals surface area (Å²) in [7, 11) is 0. The van der Waals surface area contributed by atoms with Crippen LogP contribution in [0.25, 0.3) is 0 Å². The molecular weight excluding hydrogens is 229 g/mol. The van der Waals surface area contributed by atoms with E-state index in [4.69, 9.17) is 0 Å². The molecule has 1 aliphatic heterocycles. The minimum absolute atomic E-state index is 0.0509. The van der Waals surface area contributed by atoms with E-state index >= 15 is 0 Å². The summed E-state index contributed by atoms with van der Waals surface area (Å²) >= 11 is 0. The Morgan fingerprint density at radius 3 is 2.50 bits per heavy atom. The Kier molecular flexibility index (Phi) is 2.59. The van der Waals surface area contributed by atoms with Crippen LogP contribution in [-0.2, 0) is 13.1 Å². The highest BCUT2D eigenvalue weighted by atomic mass is 19.1. The van der Waals surface area contributed by atoms with E-state index in [9.17, 15) is 9.18 Å². The second-order valence-corrected chi connectivity index (χ2v) is 4.44. The number of hydrogen-bond acceptors (Lipinski definition) is 1. The Morgan fingerprint density at radius 1 is 1.06 bits per heavy atom. The van der Waals surface area contributed by atoms with Gasteiger partial charge >= 0.3 is 0 Å². The van der Waals surface area contributed by atoms with Crippen LogP contribution in [0.15, 0.2) is 48.5 Å². The minimum Gasteiger partial charge on any atom is -0.330 e. The molecule has 2 aromatic rings. The molecule has 0 saturated heterocycles. The van der Waals surface area contributed by atoms with Crippen LogP contribution < -0.4 is 0 Å². The maximum absolute atomic E-state index is 12.8. The summed E-state index contributed by atoms with van der Waals surface area (Å²) in [5.74, 6) is -0.204. The standard InChI is InChI=1S/C15H12FNO/c16-13-7-5-11(6-8-13)9-17-10-12-3-1-2-4-14(12)15(17)18/h1-8H,9-10H2. The molecule has 18 heavy (non-hydrogen) atoms. The molecule has 3 rings (SSSR count). The first-order chi connectivity index (χ1) is 8.74. The fourth-order valence-corrected chi connectivity index (χ4v) is 2.25. The van der Waals surface area contributed by atoms with E-state index in [2.05, 4.69) is 0 Å². The van der Waals surface area contributed by atoms with Crippen LogP contribution in [0, 0.1) is 5.82 Å². The van der Waals surface area contributed by atoms with Crippen LogP contribution in [0.3, 0.4) is 0 Å². The molecule has 3 heteroatoms. The van der Waals surface area contributed by atoms with E-state index in [0.29, 0.717) is 13.1 Å². The van der Waals surface area contributed by atoms with Crippen molar-refractivity contribution in [2.75, 3.05) is 0 Å². The van der Waals surface area contributed by atoms with E-state index in [1.54, 1.807) is 17.0 Å². The number of amides is 1. The Balaban J connectivity index is 1.81. The number of benzene rings is 2. The Hall–Kier alpha value is -2.16. The van der Waals surface area contributed by atoms with Gasteiger partial charge in [-0.05, 0) is 29.3 Å². The molecule has 1 amide bonds. The first-order valence-corrected chi connectivity index (χ1v) is 5.85. The van der Waals surface area contributed by atoms with Crippen LogP contribution in [0.2, 0.25) is 0 Å². The van der Waals surface area contributed by atoms with Crippen molar-refractivity contribution in [1.29, 1.82) is 0 Å². The molecule has 0 fully saturated rings. The van der Waals surface area contributed by atoms with Gasteiger partial charge in [0.15, 0.2) is 0 Å². The SMILES string of the molecule is O=C1c2ccccc2CN1Cc1ccc(F)cc1. The fraction of sp³-hybridized carbons (Fsp3) is 0.133. The highest BCUT2D eigenvalue weighted by Gasteiger charge is 2.26. The first kappa shape index (κ1) is 11.0. The molecule has 0 saturated carbocycles. The van der Waals surface area contributed by atoms with Crippen LogP contribution in [-0.4, -0.2) is 10.8 Å². The van der Waals surface area contributed by atoms with Gasteiger partial charge in [0.1, 0.15) is 5.82 Å². The van der Waals surface area contributed by atoms with Gasteiger partial charge in [-0.3, -0.25) is 4.79 Å². The van der Waals surface area contributed by atoms with Crippen molar-refractivity contribution in [3.05, 3.63) is 71.0 Å². The first-order valence-electron chi connectivity index (χ1n) is 5.85. The van der Waals surface area contributed by atoms with Gasteiger partial charge in [0.05, 0.1) is 0 Å². The number of halogens is 1. The van der Waals surface area contributed by atoms with Crippen molar-refractivity contribution >= 4 is 5.91 Å². The van der Waals surface area contributed by atoms with Crippen molar-refractivity contribution in [3.8, 4) is 0 Å². The molecule has 0 aromatic heterocycles. The summed E-state index contributed by atoms with van der Waals surface area (Å²) in [6.45, 7) is 1.15. The third kappa shape index (κ3) is 1.88. The molecule has 0 unspecified atom stereocenters. The zero-order valence-corrected chi connectivity index (χ0v) is 9.77. The van der Waals surface area contributed by atoms with E-state index in [0.717, 1.165) is 16.7 Å². The fourth-order valence-electron chi connectivity index (χ4n) is 2.25. The number of carbonyl (C=O) groups excluding carboxylic acids is 1. The quantitative estimate of drug-likeness (QED) is 0.791. The predicted molar refractivity (Wildman–Crippen MR) is 66.4 cm³/mol. The van der Waals surface area contributed by atoms with Gasteiger partial charge in [-0.2, -0.15) is 0 Å². The highest BCUT2D eigenvalue weighted by molar-refractivity contribution is 5.98. The summed E-state index contributed by atoms with van der Waals surface area (Å²) in [6, 6.07) is 13.9. The maximum Gasteiger partial charge on any atom is 0.254 e. The van der Waals surface area contributed by atoms with Gasteiger partial charge in [-0.1, -0.05) is 30.3 Å². The normalized spacial score (nSPS) is 13.8. The summed E-state index contributed by atoms with van der Waals surface area (Å²) < 4.78 is 12.8. The van der Waals surface area contributed by atoms with E-state index in [1.807, 2.05) is 24.3 Å². The third-order valence-corrected chi connectivity index (χ3v) is 3.18. The lowest BCUT2D eigenvalue weighted by Crippen LogP contribution is -2.23. The van der Waals surface area contributed by atoms with E-state index in [1.165, 1.54) is 12.1 Å². The van der Waals surface area contributed by atoms with Crippen molar-refractivity contribution in [1.82, 2.24) is 4.90 Å². The maximum atomic E-state index is 12.8. The number of carbonyl (C=O) groups is 1. The number of fused-ring (bicyclic) bond motifs is 1. The van der Waals surface area contributed by atoms with Gasteiger partial charge in [0, 0.05) is 18.7 Å². The summed E-state index contributed by atoms with van der Waals surface area (Å²) in [6.07, 6.45) is 0. The summed E-state index contributed by atoms with van der Waals surface area (Å²) in [4.78, 5) is 13.9. The number of rotatable bonds is 2. The average molecular weight is 241 g/mol. The zero-order valence-electron chi connectivity index (χ0n) is 9.77. The van der Waals surface area contributed by atoms with Gasteiger partial charge in [0.25, 0.3) is 5.91 Å². The number of nitrogens with zero attached hydrogens (tertiary/aromatic N) is 1. The molecule has 90 valence electrons. The van der Waals surface area contributed by atoms with Crippen LogP contribution >= 0.6 is 0 Å². The largest absolute Gasteiger partial charge is 0.330 e. The molecule has 0 atom stereocenters. The molecule has 0 N–H and O–H groups in total. The average Bonchev–Trinajstić information content (AvgIpc) is 2.70. The lowest BCUT2D eigenvalue weighted by atomic mass is 10.1. The molecule has 0 radical (unpaired) electrons. The van der Waals surface area contributed by atoms with Crippen molar-refractivity contribution in [3.63, 3.8) is 0 Å². The lowest BCUT2D eigenvalue weighted by Gasteiger charge is -2.15. The lowest BCUT2D eigenvalue weighted by molar-refractivity contribution is 0.0766. The topological polar surface area (TPSA) is 20.3 Å². The smallest absolute Gasteiger partial charge is 0.254 e. The van der Waals surface area contributed by atoms with Crippen LogP contribution in [0.5, 0.6) is 0 Å². The molecular formula is C15H12FNO. The summed E-state index contributed by atoms with van der Waals surface area (Å²) in [5.41, 5.74) is 2.78. The minimum atomic E-state index is -0.255. The van der Waals surface area contributed by atoms with E-state index < -0.39 is 0 Å². The summed E-state index contributed by atoms with van der Waals surface area (Å²) in [5, 5.41) is 0. The zero-order chi connectivity index (χ0) is 12.5. The van der Waals surface area contributed by atoms with Gasteiger partial charge in [-0.15, -0.1) is 0 Å². The highest BCUT2D eigenvalue weighted by Crippen LogP contribution is 2.23. The molecule has 0 spiro atoms. The van der Waals surface area contributed by atoms with Crippen molar-refractivity contribution in [2.24, 2.45) is 0 Å². The second kappa shape index (κ2) is 4.26. The third-order valence-electron chi connectivity index (χ3n) is 3.18. The van der Waals surface area contributed by atoms with Gasteiger partial charge in [0.2, 0.25) is 0 Å². The second-order valence-electron chi connectivity index (χ2n) is 4.44. The molecule has 1 heterocycles.